The second-order valence-corrected chi connectivity index (χ2v) is 8.14. The lowest BCUT2D eigenvalue weighted by Gasteiger charge is -2.33. The summed E-state index contributed by atoms with van der Waals surface area (Å²) in [5, 5.41) is 0. The number of alkyl halides is 3. The van der Waals surface area contributed by atoms with Crippen LogP contribution in [0.1, 0.15) is 11.4 Å². The zero-order valence-corrected chi connectivity index (χ0v) is 19.7. The van der Waals surface area contributed by atoms with E-state index in [1.54, 1.807) is 25.1 Å². The van der Waals surface area contributed by atoms with Gasteiger partial charge in [-0.1, -0.05) is 0 Å². The van der Waals surface area contributed by atoms with Gasteiger partial charge in [-0.05, 0) is 25.1 Å². The second-order valence-electron chi connectivity index (χ2n) is 8.14. The first-order valence-electron chi connectivity index (χ1n) is 10.9. The van der Waals surface area contributed by atoms with Gasteiger partial charge in [-0.3, -0.25) is 14.4 Å². The lowest BCUT2D eigenvalue weighted by atomic mass is 10.1. The molecule has 0 amide bonds. The van der Waals surface area contributed by atoms with E-state index in [0.717, 1.165) is 12.1 Å². The minimum Gasteiger partial charge on any atom is -0.404 e. The van der Waals surface area contributed by atoms with E-state index in [0.29, 0.717) is 24.0 Å². The number of halogens is 4. The molecule has 4 rings (SSSR count). The van der Waals surface area contributed by atoms with Gasteiger partial charge in [0.15, 0.2) is 5.52 Å². The Kier molecular flexibility index (Phi) is 6.76. The van der Waals surface area contributed by atoms with Gasteiger partial charge in [0, 0.05) is 44.2 Å². The van der Waals surface area contributed by atoms with Gasteiger partial charge in [0.1, 0.15) is 29.0 Å². The molecule has 3 aromatic rings. The highest BCUT2D eigenvalue weighted by molar-refractivity contribution is 5.90. The van der Waals surface area contributed by atoms with Crippen LogP contribution in [0.25, 0.3) is 22.3 Å². The predicted octanol–water partition coefficient (Wildman–Crippen LogP) is 2.61. The third-order valence-corrected chi connectivity index (χ3v) is 5.88. The zero-order valence-electron chi connectivity index (χ0n) is 19.7. The van der Waals surface area contributed by atoms with Crippen molar-refractivity contribution in [2.45, 2.75) is 19.2 Å². The highest BCUT2D eigenvalue weighted by atomic mass is 19.4. The van der Waals surface area contributed by atoms with Crippen molar-refractivity contribution in [2.75, 3.05) is 31.6 Å². The van der Waals surface area contributed by atoms with Crippen LogP contribution in [0, 0.1) is 12.7 Å². The number of nitrogens with zero attached hydrogens (tertiary/aromatic N) is 6. The van der Waals surface area contributed by atoms with E-state index in [2.05, 4.69) is 19.9 Å². The number of benzene rings is 1. The number of nitrogens with two attached hydrogens (primary N) is 1. The number of aryl methyl sites for hydroxylation is 1. The van der Waals surface area contributed by atoms with E-state index in [-0.39, 0.29) is 41.4 Å². The van der Waals surface area contributed by atoms with E-state index >= 15 is 4.39 Å². The van der Waals surface area contributed by atoms with Crippen LogP contribution >= 0.6 is 0 Å². The molecule has 1 atom stereocenters. The number of aliphatic imine (C=N–C) groups is 1. The summed E-state index contributed by atoms with van der Waals surface area (Å²) in [7, 11) is 3.10. The average molecular weight is 505 g/mol. The van der Waals surface area contributed by atoms with Gasteiger partial charge in [0.2, 0.25) is 5.95 Å². The van der Waals surface area contributed by atoms with E-state index < -0.39 is 29.2 Å². The molecule has 2 N–H and O–H groups in total. The van der Waals surface area contributed by atoms with Gasteiger partial charge in [-0.2, -0.15) is 13.2 Å². The Hall–Kier alpha value is -3.87. The van der Waals surface area contributed by atoms with Crippen molar-refractivity contribution >= 4 is 23.2 Å². The first kappa shape index (κ1) is 25.2. The van der Waals surface area contributed by atoms with Crippen LogP contribution < -0.4 is 16.2 Å². The third-order valence-electron chi connectivity index (χ3n) is 5.88. The van der Waals surface area contributed by atoms with Crippen molar-refractivity contribution < 1.29 is 22.3 Å². The summed E-state index contributed by atoms with van der Waals surface area (Å²) in [4.78, 5) is 32.0. The summed E-state index contributed by atoms with van der Waals surface area (Å²) < 4.78 is 61.4. The second kappa shape index (κ2) is 9.64. The molecule has 1 aromatic carbocycles. The molecule has 0 saturated carbocycles. The zero-order chi connectivity index (χ0) is 26.2. The lowest BCUT2D eigenvalue weighted by molar-refractivity contribution is -0.137. The largest absolute Gasteiger partial charge is 0.416 e. The molecule has 0 spiro atoms. The number of ether oxygens (including phenoxy) is 1. The minimum atomic E-state index is -4.72. The van der Waals surface area contributed by atoms with Gasteiger partial charge in [-0.25, -0.2) is 19.3 Å². The maximum absolute atomic E-state index is 15.0. The minimum absolute atomic E-state index is 0.0107. The van der Waals surface area contributed by atoms with E-state index in [4.69, 9.17) is 10.5 Å². The normalized spacial score (nSPS) is 17.4. The molecule has 0 aliphatic carbocycles. The molecular weight excluding hydrogens is 482 g/mol. The average Bonchev–Trinajstić information content (AvgIpc) is 2.85. The summed E-state index contributed by atoms with van der Waals surface area (Å²) in [6.45, 7) is 2.44. The maximum atomic E-state index is 15.0. The topological polar surface area (TPSA) is 112 Å². The van der Waals surface area contributed by atoms with Crippen molar-refractivity contribution in [1.82, 2.24) is 19.5 Å². The highest BCUT2D eigenvalue weighted by Crippen LogP contribution is 2.34. The molecule has 1 aliphatic heterocycles. The fourth-order valence-corrected chi connectivity index (χ4v) is 3.87. The third kappa shape index (κ3) is 4.65. The number of fused-ring (bicyclic) bond motifs is 1. The molecule has 9 nitrogen and oxygen atoms in total. The molecule has 1 aliphatic rings. The van der Waals surface area contributed by atoms with Gasteiger partial charge < -0.3 is 15.4 Å². The Morgan fingerprint density at radius 1 is 1.25 bits per heavy atom. The van der Waals surface area contributed by atoms with Crippen LogP contribution in [0.5, 0.6) is 0 Å². The van der Waals surface area contributed by atoms with Crippen molar-refractivity contribution in [3.63, 3.8) is 0 Å². The predicted molar refractivity (Wildman–Crippen MR) is 126 cm³/mol. The molecule has 1 saturated heterocycles. The molecular formula is C23H23F4N7O2. The van der Waals surface area contributed by atoms with Gasteiger partial charge in [0.05, 0.1) is 18.7 Å². The Morgan fingerprint density at radius 3 is 2.64 bits per heavy atom. The van der Waals surface area contributed by atoms with Crippen LogP contribution in [-0.4, -0.2) is 58.6 Å². The first-order chi connectivity index (χ1) is 17.0. The summed E-state index contributed by atoms with van der Waals surface area (Å²) in [6, 6.07) is 2.13. The summed E-state index contributed by atoms with van der Waals surface area (Å²) in [6.07, 6.45) is -2.27. The van der Waals surface area contributed by atoms with Crippen LogP contribution in [0.15, 0.2) is 39.8 Å². The number of anilines is 1. The molecule has 36 heavy (non-hydrogen) atoms. The van der Waals surface area contributed by atoms with Crippen molar-refractivity contribution in [3.05, 3.63) is 57.5 Å². The first-order valence-corrected chi connectivity index (χ1v) is 10.9. The molecule has 190 valence electrons. The van der Waals surface area contributed by atoms with E-state index in [1.807, 2.05) is 0 Å². The smallest absolute Gasteiger partial charge is 0.404 e. The fraction of sp³-hybridized carbons (Fsp3) is 0.348. The Labute approximate surface area is 203 Å². The van der Waals surface area contributed by atoms with Crippen LogP contribution in [0.2, 0.25) is 0 Å². The molecule has 0 unspecified atom stereocenters. The van der Waals surface area contributed by atoms with E-state index in [1.165, 1.54) is 17.8 Å². The molecule has 0 bridgehead atoms. The number of rotatable bonds is 4. The van der Waals surface area contributed by atoms with Crippen molar-refractivity contribution in [2.24, 2.45) is 17.8 Å². The van der Waals surface area contributed by atoms with Gasteiger partial charge >= 0.3 is 6.18 Å². The Bertz CT molecular complexity index is 1430. The summed E-state index contributed by atoms with van der Waals surface area (Å²) in [5.41, 5.74) is 4.26. The molecule has 0 radical (unpaired) electrons. The van der Waals surface area contributed by atoms with Crippen molar-refractivity contribution in [1.29, 1.82) is 0 Å². The maximum Gasteiger partial charge on any atom is 0.416 e. The lowest BCUT2D eigenvalue weighted by Crippen LogP contribution is -2.44. The fourth-order valence-electron chi connectivity index (χ4n) is 3.87. The molecule has 3 heterocycles. The van der Waals surface area contributed by atoms with Crippen molar-refractivity contribution in [3.8, 4) is 11.3 Å². The van der Waals surface area contributed by atoms with Gasteiger partial charge in [0.25, 0.3) is 5.56 Å². The molecule has 1 fully saturated rings. The highest BCUT2D eigenvalue weighted by Gasteiger charge is 2.32. The van der Waals surface area contributed by atoms with E-state index in [9.17, 15) is 18.0 Å². The van der Waals surface area contributed by atoms with Crippen LogP contribution in [0.3, 0.4) is 0 Å². The number of hydrogen-bond donors (Lipinski definition) is 1. The standard InChI is InChI=1S/C23H23F4N7O2/c1-12-30-19-18(15-5-4-14(8-16(15)24)23(25,26)27)31-22(32-20(19)21(35)33(12)3)34-6-7-36-17(11-34)13(9-28)10-29-2/h4-5,8-10,17H,6-7,11,28H2,1-3H3/b13-9+,29-10?/t17-/m1/s1. The van der Waals surface area contributed by atoms with Crippen LogP contribution in [0.4, 0.5) is 23.5 Å². The Morgan fingerprint density at radius 2 is 2.00 bits per heavy atom. The van der Waals surface area contributed by atoms with Crippen LogP contribution in [-0.2, 0) is 18.0 Å². The molecule has 2 aromatic heterocycles. The SMILES string of the molecule is CN=C/C(=C\N)[C@H]1CN(c2nc(-c3ccc(C(F)(F)F)cc3F)c3nc(C)n(C)c(=O)c3n2)CCO1. The Balaban J connectivity index is 1.90. The molecule has 13 heteroatoms. The number of hydrogen-bond acceptors (Lipinski definition) is 8. The summed E-state index contributed by atoms with van der Waals surface area (Å²) >= 11 is 0. The monoisotopic (exact) mass is 505 g/mol. The quantitative estimate of drug-likeness (QED) is 0.429. The summed E-state index contributed by atoms with van der Waals surface area (Å²) in [5.74, 6) is -0.763. The number of morpholine rings is 1. The number of aromatic nitrogens is 4. The van der Waals surface area contributed by atoms with Gasteiger partial charge in [-0.15, -0.1) is 0 Å².